The van der Waals surface area contributed by atoms with Gasteiger partial charge in [-0.25, -0.2) is 9.55 Å². The summed E-state index contributed by atoms with van der Waals surface area (Å²) in [7, 11) is 0. The second-order valence-electron chi connectivity index (χ2n) is 3.43. The third-order valence-electron chi connectivity index (χ3n) is 2.46. The van der Waals surface area contributed by atoms with E-state index in [0.717, 1.165) is 6.54 Å². The van der Waals surface area contributed by atoms with Gasteiger partial charge in [0.1, 0.15) is 11.4 Å². The van der Waals surface area contributed by atoms with Gasteiger partial charge in [0.2, 0.25) is 0 Å². The van der Waals surface area contributed by atoms with Crippen LogP contribution in [0, 0.1) is 20.8 Å². The fourth-order valence-corrected chi connectivity index (χ4v) is 1.53. The van der Waals surface area contributed by atoms with Crippen molar-refractivity contribution in [1.29, 1.82) is 0 Å². The third-order valence-corrected chi connectivity index (χ3v) is 2.46. The standard InChI is InChI=1S/C10H18N2/c1-5-6-7-12-9(3)8(2)11-10(12)4/h5-7H2,1-4H3/p+1. The SMILES string of the molecule is CCCC[n+]1c(C)[nH]c(C)c1C. The normalized spacial score (nSPS) is 10.7. The predicted molar refractivity (Wildman–Crippen MR) is 50.1 cm³/mol. The van der Waals surface area contributed by atoms with Crippen LogP contribution in [0.25, 0.3) is 0 Å². The Morgan fingerprint density at radius 3 is 2.33 bits per heavy atom. The number of H-pyrrole nitrogens is 1. The topological polar surface area (TPSA) is 19.7 Å². The van der Waals surface area contributed by atoms with Gasteiger partial charge in [0.25, 0.3) is 5.82 Å². The van der Waals surface area contributed by atoms with Crippen LogP contribution in [-0.2, 0) is 6.54 Å². The molecule has 0 amide bonds. The lowest BCUT2D eigenvalue weighted by atomic mass is 10.3. The first-order chi connectivity index (χ1) is 5.66. The van der Waals surface area contributed by atoms with Gasteiger partial charge in [-0.05, 0) is 6.42 Å². The molecule has 0 aliphatic heterocycles. The zero-order valence-electron chi connectivity index (χ0n) is 8.57. The molecule has 1 N–H and O–H groups in total. The van der Waals surface area contributed by atoms with Crippen LogP contribution in [-0.4, -0.2) is 4.98 Å². The van der Waals surface area contributed by atoms with Crippen LogP contribution in [0.4, 0.5) is 0 Å². The zero-order valence-corrected chi connectivity index (χ0v) is 8.57. The lowest BCUT2D eigenvalue weighted by Crippen LogP contribution is -2.37. The van der Waals surface area contributed by atoms with Crippen LogP contribution in [0.2, 0.25) is 0 Å². The van der Waals surface area contributed by atoms with Gasteiger partial charge in [0.05, 0.1) is 6.54 Å². The lowest BCUT2D eigenvalue weighted by Gasteiger charge is -1.98. The highest BCUT2D eigenvalue weighted by atomic mass is 15.1. The zero-order chi connectivity index (χ0) is 9.14. The molecule has 1 rings (SSSR count). The van der Waals surface area contributed by atoms with Crippen molar-refractivity contribution in [3.05, 3.63) is 17.2 Å². The third kappa shape index (κ3) is 1.68. The van der Waals surface area contributed by atoms with Gasteiger partial charge >= 0.3 is 0 Å². The molecule has 2 nitrogen and oxygen atoms in total. The average molecular weight is 167 g/mol. The first kappa shape index (κ1) is 9.30. The van der Waals surface area contributed by atoms with Crippen molar-refractivity contribution in [3.63, 3.8) is 0 Å². The summed E-state index contributed by atoms with van der Waals surface area (Å²) in [5.74, 6) is 1.28. The molecule has 0 aliphatic rings. The van der Waals surface area contributed by atoms with Gasteiger partial charge in [0, 0.05) is 20.8 Å². The minimum Gasteiger partial charge on any atom is -0.245 e. The van der Waals surface area contributed by atoms with Gasteiger partial charge in [-0.1, -0.05) is 13.3 Å². The molecule has 0 unspecified atom stereocenters. The smallest absolute Gasteiger partial charge is 0.245 e. The van der Waals surface area contributed by atoms with Crippen molar-refractivity contribution in [2.75, 3.05) is 0 Å². The molecular weight excluding hydrogens is 148 g/mol. The van der Waals surface area contributed by atoms with E-state index in [2.05, 4.69) is 37.2 Å². The van der Waals surface area contributed by atoms with E-state index in [9.17, 15) is 0 Å². The largest absolute Gasteiger partial charge is 0.251 e. The number of aryl methyl sites for hydroxylation is 2. The molecule has 0 aliphatic carbocycles. The average Bonchev–Trinajstić information content (AvgIpc) is 2.25. The highest BCUT2D eigenvalue weighted by molar-refractivity contribution is 5.02. The number of unbranched alkanes of at least 4 members (excludes halogenated alkanes) is 1. The molecule has 0 aromatic carbocycles. The number of imidazole rings is 1. The van der Waals surface area contributed by atoms with Crippen molar-refractivity contribution in [2.45, 2.75) is 47.1 Å². The van der Waals surface area contributed by atoms with Crippen LogP contribution in [0.1, 0.15) is 37.0 Å². The number of nitrogens with zero attached hydrogens (tertiary/aromatic N) is 1. The van der Waals surface area contributed by atoms with Crippen LogP contribution < -0.4 is 4.57 Å². The van der Waals surface area contributed by atoms with Crippen molar-refractivity contribution in [2.24, 2.45) is 0 Å². The Morgan fingerprint density at radius 1 is 1.25 bits per heavy atom. The van der Waals surface area contributed by atoms with Gasteiger partial charge in [0.15, 0.2) is 0 Å². The van der Waals surface area contributed by atoms with E-state index in [0.29, 0.717) is 0 Å². The summed E-state index contributed by atoms with van der Waals surface area (Å²) >= 11 is 0. The van der Waals surface area contributed by atoms with E-state index in [-0.39, 0.29) is 0 Å². The molecule has 0 saturated carbocycles. The summed E-state index contributed by atoms with van der Waals surface area (Å²) in [5, 5.41) is 0. The molecule has 0 radical (unpaired) electrons. The van der Waals surface area contributed by atoms with Crippen LogP contribution >= 0.6 is 0 Å². The molecule has 0 fully saturated rings. The minimum absolute atomic E-state index is 1.15. The highest BCUT2D eigenvalue weighted by Gasteiger charge is 2.13. The molecule has 0 bridgehead atoms. The van der Waals surface area contributed by atoms with Crippen LogP contribution in [0.3, 0.4) is 0 Å². The van der Waals surface area contributed by atoms with Crippen molar-refractivity contribution < 1.29 is 4.57 Å². The van der Waals surface area contributed by atoms with Gasteiger partial charge in [-0.15, -0.1) is 0 Å². The molecule has 12 heavy (non-hydrogen) atoms. The predicted octanol–water partition coefficient (Wildman–Crippen LogP) is 2.03. The van der Waals surface area contributed by atoms with E-state index < -0.39 is 0 Å². The Labute approximate surface area is 74.6 Å². The Hall–Kier alpha value is -0.790. The first-order valence-corrected chi connectivity index (χ1v) is 4.72. The van der Waals surface area contributed by atoms with Crippen molar-refractivity contribution in [3.8, 4) is 0 Å². The number of aromatic nitrogens is 2. The Bertz CT molecular complexity index is 261. The summed E-state index contributed by atoms with van der Waals surface area (Å²) in [6.07, 6.45) is 2.53. The van der Waals surface area contributed by atoms with Gasteiger partial charge in [-0.3, -0.25) is 0 Å². The monoisotopic (exact) mass is 167 g/mol. The molecular formula is C10H19N2+. The molecule has 0 saturated heterocycles. The fourth-order valence-electron chi connectivity index (χ4n) is 1.53. The van der Waals surface area contributed by atoms with Gasteiger partial charge < -0.3 is 0 Å². The number of hydrogen-bond donors (Lipinski definition) is 1. The van der Waals surface area contributed by atoms with Crippen molar-refractivity contribution >= 4 is 0 Å². The highest BCUT2D eigenvalue weighted by Crippen LogP contribution is 2.00. The summed E-state index contributed by atoms with van der Waals surface area (Å²) in [6.45, 7) is 9.82. The summed E-state index contributed by atoms with van der Waals surface area (Å²) in [5.41, 5.74) is 2.67. The molecule has 1 heterocycles. The summed E-state index contributed by atoms with van der Waals surface area (Å²) in [6, 6.07) is 0. The first-order valence-electron chi connectivity index (χ1n) is 4.72. The lowest BCUT2D eigenvalue weighted by molar-refractivity contribution is -0.707. The Kier molecular flexibility index (Phi) is 2.90. The quantitative estimate of drug-likeness (QED) is 0.665. The maximum atomic E-state index is 3.35. The van der Waals surface area contributed by atoms with Crippen molar-refractivity contribution in [1.82, 2.24) is 4.98 Å². The maximum Gasteiger partial charge on any atom is 0.251 e. The van der Waals surface area contributed by atoms with Crippen LogP contribution in [0.5, 0.6) is 0 Å². The molecule has 2 heteroatoms. The van der Waals surface area contributed by atoms with E-state index in [4.69, 9.17) is 0 Å². The summed E-state index contributed by atoms with van der Waals surface area (Å²) < 4.78 is 2.36. The molecule has 0 spiro atoms. The molecule has 1 aromatic heterocycles. The summed E-state index contributed by atoms with van der Waals surface area (Å²) in [4.78, 5) is 3.35. The minimum atomic E-state index is 1.15. The van der Waals surface area contributed by atoms with Gasteiger partial charge in [-0.2, -0.15) is 0 Å². The fraction of sp³-hybridized carbons (Fsp3) is 0.700. The van der Waals surface area contributed by atoms with E-state index in [1.165, 1.54) is 30.1 Å². The number of nitrogens with one attached hydrogen (secondary N) is 1. The number of hydrogen-bond acceptors (Lipinski definition) is 0. The number of aromatic amines is 1. The number of rotatable bonds is 3. The second kappa shape index (κ2) is 3.74. The van der Waals surface area contributed by atoms with E-state index >= 15 is 0 Å². The molecule has 1 aromatic rings. The van der Waals surface area contributed by atoms with E-state index in [1.807, 2.05) is 0 Å². The molecule has 68 valence electrons. The maximum absolute atomic E-state index is 3.35. The molecule has 0 atom stereocenters. The van der Waals surface area contributed by atoms with E-state index in [1.54, 1.807) is 0 Å². The van der Waals surface area contributed by atoms with Crippen LogP contribution in [0.15, 0.2) is 0 Å². The Morgan fingerprint density at radius 2 is 1.92 bits per heavy atom. The Balaban J connectivity index is 2.82. The second-order valence-corrected chi connectivity index (χ2v) is 3.43.